The highest BCUT2D eigenvalue weighted by molar-refractivity contribution is 7.48. The van der Waals surface area contributed by atoms with E-state index < -0.39 is 7.82 Å². The van der Waals surface area contributed by atoms with Crippen LogP contribution in [0.5, 0.6) is 5.75 Å². The molecule has 0 heterocycles. The van der Waals surface area contributed by atoms with Crippen LogP contribution in [-0.4, -0.2) is 13.2 Å². The fourth-order valence-electron chi connectivity index (χ4n) is 1.66. The van der Waals surface area contributed by atoms with Crippen molar-refractivity contribution in [1.82, 2.24) is 0 Å². The van der Waals surface area contributed by atoms with Gasteiger partial charge in [-0.1, -0.05) is 38.8 Å². The third-order valence-corrected chi connectivity index (χ3v) is 4.47. The van der Waals surface area contributed by atoms with E-state index >= 15 is 0 Å². The third-order valence-electron chi connectivity index (χ3n) is 3.05. The van der Waals surface area contributed by atoms with Crippen molar-refractivity contribution in [2.45, 2.75) is 53.4 Å². The van der Waals surface area contributed by atoms with Gasteiger partial charge in [0.15, 0.2) is 0 Å². The molecule has 4 nitrogen and oxygen atoms in total. The smallest absolute Gasteiger partial charge is 0.404 e. The molecular formula is C16H27O4P. The Balaban J connectivity index is 2.79. The number of rotatable bonds is 10. The molecular weight excluding hydrogens is 287 g/mol. The molecule has 0 atom stereocenters. The van der Waals surface area contributed by atoms with Crippen LogP contribution in [-0.2, 0) is 13.6 Å². The number of phosphoric ester groups is 1. The average molecular weight is 314 g/mol. The Hall–Kier alpha value is -0.830. The number of hydrogen-bond donors (Lipinski definition) is 0. The second-order valence-electron chi connectivity index (χ2n) is 5.18. The quantitative estimate of drug-likeness (QED) is 0.427. The van der Waals surface area contributed by atoms with Crippen LogP contribution >= 0.6 is 7.82 Å². The molecule has 0 aliphatic rings. The van der Waals surface area contributed by atoms with Crippen LogP contribution in [0, 0.1) is 13.8 Å². The van der Waals surface area contributed by atoms with E-state index in [0.29, 0.717) is 19.0 Å². The first-order valence-corrected chi connectivity index (χ1v) is 9.12. The van der Waals surface area contributed by atoms with Crippen molar-refractivity contribution in [3.63, 3.8) is 0 Å². The van der Waals surface area contributed by atoms with E-state index in [9.17, 15) is 4.57 Å². The normalized spacial score (nSPS) is 11.6. The third kappa shape index (κ3) is 6.64. The fourth-order valence-corrected chi connectivity index (χ4v) is 2.98. The molecule has 21 heavy (non-hydrogen) atoms. The van der Waals surface area contributed by atoms with Crippen molar-refractivity contribution in [3.05, 3.63) is 29.3 Å². The average Bonchev–Trinajstić information content (AvgIpc) is 2.43. The number of unbranched alkanes of at least 4 members (excludes halogenated alkanes) is 2. The molecule has 0 aliphatic carbocycles. The van der Waals surface area contributed by atoms with Crippen molar-refractivity contribution >= 4 is 7.82 Å². The molecule has 0 N–H and O–H groups in total. The lowest BCUT2D eigenvalue weighted by Gasteiger charge is -2.19. The second-order valence-corrected chi connectivity index (χ2v) is 6.77. The van der Waals surface area contributed by atoms with Gasteiger partial charge in [-0.25, -0.2) is 4.57 Å². The summed E-state index contributed by atoms with van der Waals surface area (Å²) in [5.41, 5.74) is 1.96. The summed E-state index contributed by atoms with van der Waals surface area (Å²) in [5.74, 6) is 0.561. The standard InChI is InChI=1S/C16H27O4P/c1-5-7-11-18-21(17,19-12-8-6-2)20-16-13-14(3)9-10-15(16)4/h9-10,13H,5-8,11-12H2,1-4H3. The van der Waals surface area contributed by atoms with Crippen LogP contribution in [0.25, 0.3) is 0 Å². The molecule has 1 aromatic rings. The van der Waals surface area contributed by atoms with Gasteiger partial charge in [-0.3, -0.25) is 9.05 Å². The monoisotopic (exact) mass is 314 g/mol. The molecule has 0 unspecified atom stereocenters. The minimum atomic E-state index is -3.55. The van der Waals surface area contributed by atoms with Crippen LogP contribution in [0.15, 0.2) is 18.2 Å². The van der Waals surface area contributed by atoms with Gasteiger partial charge in [-0.15, -0.1) is 0 Å². The topological polar surface area (TPSA) is 44.8 Å². The van der Waals surface area contributed by atoms with Crippen LogP contribution in [0.4, 0.5) is 0 Å². The van der Waals surface area contributed by atoms with Crippen molar-refractivity contribution < 1.29 is 18.1 Å². The Morgan fingerprint density at radius 2 is 1.57 bits per heavy atom. The molecule has 0 fully saturated rings. The maximum Gasteiger partial charge on any atom is 0.530 e. The number of benzene rings is 1. The summed E-state index contributed by atoms with van der Waals surface area (Å²) in [6, 6.07) is 5.78. The van der Waals surface area contributed by atoms with Crippen molar-refractivity contribution in [2.24, 2.45) is 0 Å². The second kappa shape index (κ2) is 9.24. The Labute approximate surface area is 128 Å². The van der Waals surface area contributed by atoms with Crippen LogP contribution in [0.2, 0.25) is 0 Å². The largest absolute Gasteiger partial charge is 0.530 e. The first-order chi connectivity index (χ1) is 10.0. The molecule has 120 valence electrons. The Kier molecular flexibility index (Phi) is 8.02. The van der Waals surface area contributed by atoms with Crippen molar-refractivity contribution in [1.29, 1.82) is 0 Å². The van der Waals surface area contributed by atoms with Crippen molar-refractivity contribution in [2.75, 3.05) is 13.2 Å². The summed E-state index contributed by atoms with van der Waals surface area (Å²) in [4.78, 5) is 0. The van der Waals surface area contributed by atoms with Crippen LogP contribution < -0.4 is 4.52 Å². The van der Waals surface area contributed by atoms with Crippen molar-refractivity contribution in [3.8, 4) is 5.75 Å². The summed E-state index contributed by atoms with van der Waals surface area (Å²) in [6.07, 6.45) is 3.60. The van der Waals surface area contributed by atoms with Gasteiger partial charge in [0, 0.05) is 0 Å². The predicted molar refractivity (Wildman–Crippen MR) is 85.9 cm³/mol. The number of aryl methyl sites for hydroxylation is 2. The molecule has 0 saturated carbocycles. The van der Waals surface area contributed by atoms with Gasteiger partial charge in [0.2, 0.25) is 0 Å². The number of phosphoric acid groups is 1. The predicted octanol–water partition coefficient (Wildman–Crippen LogP) is 5.42. The molecule has 0 aliphatic heterocycles. The van der Waals surface area contributed by atoms with Crippen LogP contribution in [0.1, 0.15) is 50.7 Å². The SMILES string of the molecule is CCCCOP(=O)(OCCCC)Oc1cc(C)ccc1C. The molecule has 0 spiro atoms. The van der Waals surface area contributed by atoms with Gasteiger partial charge in [0.25, 0.3) is 0 Å². The highest BCUT2D eigenvalue weighted by atomic mass is 31.2. The van der Waals surface area contributed by atoms with E-state index in [0.717, 1.165) is 36.8 Å². The lowest BCUT2D eigenvalue weighted by atomic mass is 10.1. The lowest BCUT2D eigenvalue weighted by Crippen LogP contribution is -2.05. The highest BCUT2D eigenvalue weighted by Crippen LogP contribution is 2.50. The molecule has 0 radical (unpaired) electrons. The first-order valence-electron chi connectivity index (χ1n) is 7.66. The summed E-state index contributed by atoms with van der Waals surface area (Å²) >= 11 is 0. The van der Waals surface area contributed by atoms with E-state index in [2.05, 4.69) is 13.8 Å². The summed E-state index contributed by atoms with van der Waals surface area (Å²) in [6.45, 7) is 8.75. The van der Waals surface area contributed by atoms with Crippen LogP contribution in [0.3, 0.4) is 0 Å². The first kappa shape index (κ1) is 18.2. The molecule has 0 bridgehead atoms. The van der Waals surface area contributed by atoms with Gasteiger partial charge in [-0.2, -0.15) is 0 Å². The molecule has 0 saturated heterocycles. The zero-order chi connectivity index (χ0) is 15.7. The summed E-state index contributed by atoms with van der Waals surface area (Å²) in [7, 11) is -3.55. The lowest BCUT2D eigenvalue weighted by molar-refractivity contribution is 0.152. The maximum absolute atomic E-state index is 12.7. The van der Waals surface area contributed by atoms with E-state index in [4.69, 9.17) is 13.6 Å². The zero-order valence-electron chi connectivity index (χ0n) is 13.6. The Morgan fingerprint density at radius 3 is 2.10 bits per heavy atom. The van der Waals surface area contributed by atoms with E-state index in [1.807, 2.05) is 32.0 Å². The molecule has 0 amide bonds. The Bertz CT molecular complexity index is 459. The van der Waals surface area contributed by atoms with Gasteiger partial charge in [-0.05, 0) is 43.9 Å². The van der Waals surface area contributed by atoms with E-state index in [1.54, 1.807) is 0 Å². The van der Waals surface area contributed by atoms with Gasteiger partial charge < -0.3 is 4.52 Å². The minimum absolute atomic E-state index is 0.380. The molecule has 1 rings (SSSR count). The summed E-state index contributed by atoms with van der Waals surface area (Å²) < 4.78 is 29.2. The molecule has 5 heteroatoms. The molecule has 0 aromatic heterocycles. The van der Waals surface area contributed by atoms with E-state index in [1.165, 1.54) is 0 Å². The Morgan fingerprint density at radius 1 is 1.00 bits per heavy atom. The zero-order valence-corrected chi connectivity index (χ0v) is 14.4. The number of hydrogen-bond acceptors (Lipinski definition) is 4. The minimum Gasteiger partial charge on any atom is -0.404 e. The molecule has 1 aromatic carbocycles. The van der Waals surface area contributed by atoms with E-state index in [-0.39, 0.29) is 0 Å². The summed E-state index contributed by atoms with van der Waals surface area (Å²) in [5, 5.41) is 0. The maximum atomic E-state index is 12.7. The van der Waals surface area contributed by atoms with Gasteiger partial charge in [0.05, 0.1) is 13.2 Å². The van der Waals surface area contributed by atoms with Gasteiger partial charge >= 0.3 is 7.82 Å². The highest BCUT2D eigenvalue weighted by Gasteiger charge is 2.28. The fraction of sp³-hybridized carbons (Fsp3) is 0.625. The van der Waals surface area contributed by atoms with Gasteiger partial charge in [0.1, 0.15) is 5.75 Å².